The molecule has 0 fully saturated rings. The standard InChI is InChI=1S/C16H19N5O3/c1-11(22)19-8-7-18-10-13(9-17)16(24)21-15-5-3-14(4-6-15)20-12(2)23/h3-6,10,18H,7-8H2,1-2H3,(H,19,22)(H,20,23)(H,21,24)/b13-10-. The minimum Gasteiger partial charge on any atom is -0.388 e. The Morgan fingerprint density at radius 2 is 1.58 bits per heavy atom. The van der Waals surface area contributed by atoms with E-state index in [1.807, 2.05) is 0 Å². The lowest BCUT2D eigenvalue weighted by molar-refractivity contribution is -0.119. The minimum atomic E-state index is -0.559. The zero-order valence-electron chi connectivity index (χ0n) is 13.5. The first-order chi connectivity index (χ1) is 11.4. The molecular weight excluding hydrogens is 310 g/mol. The molecular formula is C16H19N5O3. The van der Waals surface area contributed by atoms with Crippen LogP contribution in [0.25, 0.3) is 0 Å². The van der Waals surface area contributed by atoms with Crippen molar-refractivity contribution in [3.8, 4) is 6.07 Å². The fraction of sp³-hybridized carbons (Fsp3) is 0.250. The van der Waals surface area contributed by atoms with Crippen LogP contribution in [0.2, 0.25) is 0 Å². The van der Waals surface area contributed by atoms with Gasteiger partial charge in [-0.1, -0.05) is 0 Å². The van der Waals surface area contributed by atoms with Gasteiger partial charge in [-0.3, -0.25) is 14.4 Å². The van der Waals surface area contributed by atoms with Crippen LogP contribution >= 0.6 is 0 Å². The number of benzene rings is 1. The Balaban J connectivity index is 2.56. The zero-order chi connectivity index (χ0) is 17.9. The summed E-state index contributed by atoms with van der Waals surface area (Å²) < 4.78 is 0. The van der Waals surface area contributed by atoms with E-state index in [0.717, 1.165) is 0 Å². The highest BCUT2D eigenvalue weighted by Crippen LogP contribution is 2.14. The van der Waals surface area contributed by atoms with Gasteiger partial charge in [0.2, 0.25) is 11.8 Å². The van der Waals surface area contributed by atoms with E-state index >= 15 is 0 Å². The largest absolute Gasteiger partial charge is 0.388 e. The number of hydrogen-bond acceptors (Lipinski definition) is 5. The number of nitriles is 1. The lowest BCUT2D eigenvalue weighted by Crippen LogP contribution is -2.28. The fourth-order valence-electron chi connectivity index (χ4n) is 1.67. The third-order valence-electron chi connectivity index (χ3n) is 2.72. The Morgan fingerprint density at radius 1 is 1.00 bits per heavy atom. The van der Waals surface area contributed by atoms with Crippen molar-refractivity contribution in [2.45, 2.75) is 13.8 Å². The van der Waals surface area contributed by atoms with Gasteiger partial charge in [0, 0.05) is 44.5 Å². The average molecular weight is 329 g/mol. The maximum atomic E-state index is 12.0. The first-order valence-corrected chi connectivity index (χ1v) is 7.19. The second kappa shape index (κ2) is 9.63. The summed E-state index contributed by atoms with van der Waals surface area (Å²) in [5, 5.41) is 19.6. The van der Waals surface area contributed by atoms with Gasteiger partial charge in [0.1, 0.15) is 11.6 Å². The number of rotatable bonds is 7. The number of nitrogens with zero attached hydrogens (tertiary/aromatic N) is 1. The molecule has 3 amide bonds. The van der Waals surface area contributed by atoms with Gasteiger partial charge in [-0.15, -0.1) is 0 Å². The van der Waals surface area contributed by atoms with E-state index in [1.54, 1.807) is 30.3 Å². The molecule has 24 heavy (non-hydrogen) atoms. The molecule has 0 atom stereocenters. The van der Waals surface area contributed by atoms with Crippen LogP contribution in [0.1, 0.15) is 13.8 Å². The summed E-state index contributed by atoms with van der Waals surface area (Å²) in [5.74, 6) is -0.898. The smallest absolute Gasteiger partial charge is 0.267 e. The van der Waals surface area contributed by atoms with Gasteiger partial charge >= 0.3 is 0 Å². The van der Waals surface area contributed by atoms with Gasteiger partial charge in [-0.05, 0) is 24.3 Å². The second-order valence-electron chi connectivity index (χ2n) is 4.82. The summed E-state index contributed by atoms with van der Waals surface area (Å²) in [5.41, 5.74) is 1.01. The normalized spacial score (nSPS) is 10.3. The highest BCUT2D eigenvalue weighted by Gasteiger charge is 2.09. The number of carbonyl (C=O) groups is 3. The van der Waals surface area contributed by atoms with Crippen LogP contribution in [0.4, 0.5) is 11.4 Å². The van der Waals surface area contributed by atoms with Crippen molar-refractivity contribution in [3.63, 3.8) is 0 Å². The summed E-state index contributed by atoms with van der Waals surface area (Å²) in [4.78, 5) is 33.6. The first kappa shape index (κ1) is 18.7. The molecule has 0 aromatic heterocycles. The molecule has 0 spiro atoms. The van der Waals surface area contributed by atoms with Crippen LogP contribution in [-0.4, -0.2) is 30.8 Å². The van der Waals surface area contributed by atoms with Crippen molar-refractivity contribution >= 4 is 29.1 Å². The van der Waals surface area contributed by atoms with Gasteiger partial charge in [0.05, 0.1) is 0 Å². The van der Waals surface area contributed by atoms with E-state index in [0.29, 0.717) is 24.5 Å². The van der Waals surface area contributed by atoms with E-state index in [1.165, 1.54) is 20.0 Å². The number of anilines is 2. The van der Waals surface area contributed by atoms with Crippen molar-refractivity contribution in [2.24, 2.45) is 0 Å². The summed E-state index contributed by atoms with van der Waals surface area (Å²) in [6.07, 6.45) is 1.29. The van der Waals surface area contributed by atoms with Crippen LogP contribution in [0.3, 0.4) is 0 Å². The van der Waals surface area contributed by atoms with Crippen LogP contribution in [0.15, 0.2) is 36.0 Å². The molecule has 0 saturated carbocycles. The van der Waals surface area contributed by atoms with Gasteiger partial charge < -0.3 is 21.3 Å². The molecule has 126 valence electrons. The molecule has 0 aliphatic carbocycles. The molecule has 8 nitrogen and oxygen atoms in total. The molecule has 0 aliphatic heterocycles. The Kier molecular flexibility index (Phi) is 7.51. The van der Waals surface area contributed by atoms with E-state index in [9.17, 15) is 14.4 Å². The van der Waals surface area contributed by atoms with Gasteiger partial charge in [-0.2, -0.15) is 5.26 Å². The summed E-state index contributed by atoms with van der Waals surface area (Å²) in [6, 6.07) is 8.30. The zero-order valence-corrected chi connectivity index (χ0v) is 13.5. The lowest BCUT2D eigenvalue weighted by atomic mass is 10.2. The highest BCUT2D eigenvalue weighted by atomic mass is 16.2. The lowest BCUT2D eigenvalue weighted by Gasteiger charge is -2.07. The molecule has 0 radical (unpaired) electrons. The summed E-state index contributed by atoms with van der Waals surface area (Å²) >= 11 is 0. The van der Waals surface area contributed by atoms with E-state index in [-0.39, 0.29) is 17.4 Å². The number of amides is 3. The summed E-state index contributed by atoms with van der Waals surface area (Å²) in [6.45, 7) is 3.58. The predicted octanol–water partition coefficient (Wildman–Crippen LogP) is 0.717. The summed E-state index contributed by atoms with van der Waals surface area (Å²) in [7, 11) is 0. The van der Waals surface area contributed by atoms with E-state index in [2.05, 4.69) is 21.3 Å². The third kappa shape index (κ3) is 7.09. The van der Waals surface area contributed by atoms with Crippen LogP contribution in [0, 0.1) is 11.3 Å². The molecule has 1 aromatic rings. The van der Waals surface area contributed by atoms with E-state index in [4.69, 9.17) is 5.26 Å². The molecule has 1 rings (SSSR count). The van der Waals surface area contributed by atoms with Crippen molar-refractivity contribution < 1.29 is 14.4 Å². The average Bonchev–Trinajstić information content (AvgIpc) is 2.52. The van der Waals surface area contributed by atoms with Crippen molar-refractivity contribution in [1.29, 1.82) is 5.26 Å². The van der Waals surface area contributed by atoms with Crippen LogP contribution in [0.5, 0.6) is 0 Å². The van der Waals surface area contributed by atoms with Crippen molar-refractivity contribution in [2.75, 3.05) is 23.7 Å². The van der Waals surface area contributed by atoms with Crippen molar-refractivity contribution in [3.05, 3.63) is 36.0 Å². The van der Waals surface area contributed by atoms with E-state index < -0.39 is 5.91 Å². The number of hydrogen-bond donors (Lipinski definition) is 4. The predicted molar refractivity (Wildman–Crippen MR) is 89.8 cm³/mol. The maximum absolute atomic E-state index is 12.0. The third-order valence-corrected chi connectivity index (χ3v) is 2.72. The molecule has 0 unspecified atom stereocenters. The number of carbonyl (C=O) groups excluding carboxylic acids is 3. The van der Waals surface area contributed by atoms with Crippen LogP contribution in [-0.2, 0) is 14.4 Å². The van der Waals surface area contributed by atoms with Gasteiger partial charge in [0.15, 0.2) is 0 Å². The van der Waals surface area contributed by atoms with Gasteiger partial charge in [-0.25, -0.2) is 0 Å². The Hall–Kier alpha value is -3.34. The topological polar surface area (TPSA) is 123 Å². The SMILES string of the molecule is CC(=O)NCCN/C=C(/C#N)C(=O)Nc1ccc(NC(C)=O)cc1. The van der Waals surface area contributed by atoms with Gasteiger partial charge in [0.25, 0.3) is 5.91 Å². The molecule has 8 heteroatoms. The Morgan fingerprint density at radius 3 is 2.08 bits per heavy atom. The molecule has 0 saturated heterocycles. The molecule has 0 heterocycles. The highest BCUT2D eigenvalue weighted by molar-refractivity contribution is 6.06. The molecule has 0 bridgehead atoms. The Labute approximate surface area is 139 Å². The monoisotopic (exact) mass is 329 g/mol. The molecule has 4 N–H and O–H groups in total. The minimum absolute atomic E-state index is 0.0937. The first-order valence-electron chi connectivity index (χ1n) is 7.19. The second-order valence-corrected chi connectivity index (χ2v) is 4.82. The maximum Gasteiger partial charge on any atom is 0.267 e. The fourth-order valence-corrected chi connectivity index (χ4v) is 1.67. The quantitative estimate of drug-likeness (QED) is 0.333. The number of nitrogens with one attached hydrogen (secondary N) is 4. The molecule has 0 aliphatic rings. The van der Waals surface area contributed by atoms with Crippen LogP contribution < -0.4 is 21.3 Å². The molecule has 1 aromatic carbocycles. The Bertz CT molecular complexity index is 674. The van der Waals surface area contributed by atoms with Crippen molar-refractivity contribution in [1.82, 2.24) is 10.6 Å².